The lowest BCUT2D eigenvalue weighted by Crippen LogP contribution is -2.11. The summed E-state index contributed by atoms with van der Waals surface area (Å²) in [5, 5.41) is 4.57. The monoisotopic (exact) mass is 280 g/mol. The van der Waals surface area contributed by atoms with Gasteiger partial charge in [0.1, 0.15) is 5.52 Å². The zero-order valence-corrected chi connectivity index (χ0v) is 12.5. The van der Waals surface area contributed by atoms with Gasteiger partial charge in [0.15, 0.2) is 10.4 Å². The predicted octanol–water partition coefficient (Wildman–Crippen LogP) is 2.73. The fraction of sp³-hybridized carbons (Fsp3) is 0.692. The lowest BCUT2D eigenvalue weighted by atomic mass is 10.2. The summed E-state index contributed by atoms with van der Waals surface area (Å²) in [5.74, 6) is 0. The first-order valence-corrected chi connectivity index (χ1v) is 7.25. The normalized spacial score (nSPS) is 23.5. The molecule has 2 atom stereocenters. The molecule has 0 radical (unpaired) electrons. The number of ether oxygens (including phenoxy) is 1. The van der Waals surface area contributed by atoms with Crippen LogP contribution in [0.1, 0.15) is 37.9 Å². The third-order valence-electron chi connectivity index (χ3n) is 4.16. The highest BCUT2D eigenvalue weighted by molar-refractivity contribution is 7.71. The summed E-state index contributed by atoms with van der Waals surface area (Å²) >= 11 is 5.51. The molecule has 1 aliphatic carbocycles. The molecule has 2 unspecified atom stereocenters. The van der Waals surface area contributed by atoms with Gasteiger partial charge < -0.3 is 9.72 Å². The van der Waals surface area contributed by atoms with E-state index in [4.69, 9.17) is 17.0 Å². The van der Waals surface area contributed by atoms with Gasteiger partial charge in [-0.2, -0.15) is 5.10 Å². The van der Waals surface area contributed by atoms with Gasteiger partial charge >= 0.3 is 0 Å². The largest absolute Gasteiger partial charge is 0.381 e. The first kappa shape index (κ1) is 12.9. The van der Waals surface area contributed by atoms with Crippen molar-refractivity contribution in [3.8, 4) is 0 Å². The lowest BCUT2D eigenvalue weighted by Gasteiger charge is -2.13. The summed E-state index contributed by atoms with van der Waals surface area (Å²) in [6, 6.07) is 0.423. The van der Waals surface area contributed by atoms with Crippen molar-refractivity contribution in [2.24, 2.45) is 7.05 Å². The van der Waals surface area contributed by atoms with Crippen LogP contribution >= 0.6 is 12.2 Å². The summed E-state index contributed by atoms with van der Waals surface area (Å²) in [7, 11) is 3.78. The number of aromatic nitrogens is 4. The molecule has 1 N–H and O–H groups in total. The Morgan fingerprint density at radius 1 is 1.47 bits per heavy atom. The molecule has 19 heavy (non-hydrogen) atoms. The number of methoxy groups -OCH3 is 1. The SMILES string of the molecule is CCc1nn(C)c2c1[nH]c(=S)n2C1CCC(OC)C1. The maximum atomic E-state index is 5.51. The molecule has 6 heteroatoms. The summed E-state index contributed by atoms with van der Waals surface area (Å²) in [6.07, 6.45) is 4.53. The van der Waals surface area contributed by atoms with Crippen molar-refractivity contribution in [3.63, 3.8) is 0 Å². The second kappa shape index (κ2) is 4.76. The van der Waals surface area contributed by atoms with E-state index in [1.165, 1.54) is 0 Å². The van der Waals surface area contributed by atoms with Crippen molar-refractivity contribution < 1.29 is 4.74 Å². The summed E-state index contributed by atoms with van der Waals surface area (Å²) < 4.78 is 10.5. The molecule has 2 aromatic heterocycles. The van der Waals surface area contributed by atoms with Crippen molar-refractivity contribution in [2.75, 3.05) is 7.11 Å². The standard InChI is InChI=1S/C13H20N4OS/c1-4-10-11-12(16(2)15-10)17(13(19)14-11)8-5-6-9(7-8)18-3/h8-9H,4-7H2,1-3H3,(H,14,19). The summed E-state index contributed by atoms with van der Waals surface area (Å²) in [4.78, 5) is 3.33. The Morgan fingerprint density at radius 3 is 2.89 bits per heavy atom. The van der Waals surface area contributed by atoms with Crippen LogP contribution in [0, 0.1) is 4.77 Å². The maximum absolute atomic E-state index is 5.51. The van der Waals surface area contributed by atoms with Crippen LogP contribution in [0.4, 0.5) is 0 Å². The fourth-order valence-corrected chi connectivity index (χ4v) is 3.53. The van der Waals surface area contributed by atoms with Crippen LogP contribution in [0.25, 0.3) is 11.2 Å². The van der Waals surface area contributed by atoms with Crippen LogP contribution in [-0.4, -0.2) is 32.5 Å². The average Bonchev–Trinajstić information content (AvgIpc) is 3.05. The molecular formula is C13H20N4OS. The molecule has 3 rings (SSSR count). The molecule has 0 aliphatic heterocycles. The maximum Gasteiger partial charge on any atom is 0.179 e. The molecule has 0 aromatic carbocycles. The Bertz CT molecular complexity index is 653. The first-order chi connectivity index (χ1) is 9.15. The van der Waals surface area contributed by atoms with E-state index in [9.17, 15) is 0 Å². The van der Waals surface area contributed by atoms with E-state index in [1.54, 1.807) is 7.11 Å². The minimum absolute atomic E-state index is 0.357. The smallest absolute Gasteiger partial charge is 0.179 e. The van der Waals surface area contributed by atoms with Gasteiger partial charge in [0.25, 0.3) is 0 Å². The molecule has 2 aromatic rings. The fourth-order valence-electron chi connectivity index (χ4n) is 3.19. The minimum Gasteiger partial charge on any atom is -0.381 e. The van der Waals surface area contributed by atoms with E-state index in [0.717, 1.165) is 47.3 Å². The van der Waals surface area contributed by atoms with E-state index < -0.39 is 0 Å². The number of aromatic amines is 1. The summed E-state index contributed by atoms with van der Waals surface area (Å²) in [5.41, 5.74) is 3.29. The third kappa shape index (κ3) is 1.94. The van der Waals surface area contributed by atoms with Crippen LogP contribution in [0.3, 0.4) is 0 Å². The van der Waals surface area contributed by atoms with E-state index in [2.05, 4.69) is 21.6 Å². The molecule has 1 saturated carbocycles. The zero-order chi connectivity index (χ0) is 13.6. The molecule has 0 saturated heterocycles. The predicted molar refractivity (Wildman–Crippen MR) is 77.0 cm³/mol. The molecule has 1 fully saturated rings. The van der Waals surface area contributed by atoms with E-state index in [1.807, 2.05) is 11.7 Å². The van der Waals surface area contributed by atoms with Crippen molar-refractivity contribution in [1.82, 2.24) is 19.3 Å². The van der Waals surface area contributed by atoms with Gasteiger partial charge in [0, 0.05) is 20.2 Å². The van der Waals surface area contributed by atoms with E-state index in [-0.39, 0.29) is 0 Å². The van der Waals surface area contributed by atoms with E-state index >= 15 is 0 Å². The molecule has 0 amide bonds. The zero-order valence-electron chi connectivity index (χ0n) is 11.6. The molecule has 0 spiro atoms. The Hall–Kier alpha value is -1.14. The minimum atomic E-state index is 0.357. The van der Waals surface area contributed by atoms with Crippen molar-refractivity contribution in [1.29, 1.82) is 0 Å². The Morgan fingerprint density at radius 2 is 2.26 bits per heavy atom. The molecule has 2 heterocycles. The van der Waals surface area contributed by atoms with Crippen LogP contribution in [0.2, 0.25) is 0 Å². The van der Waals surface area contributed by atoms with Gasteiger partial charge in [-0.15, -0.1) is 0 Å². The quantitative estimate of drug-likeness (QED) is 0.879. The van der Waals surface area contributed by atoms with Crippen molar-refractivity contribution >= 4 is 23.4 Å². The van der Waals surface area contributed by atoms with Crippen LogP contribution < -0.4 is 0 Å². The van der Waals surface area contributed by atoms with Crippen molar-refractivity contribution in [2.45, 2.75) is 44.8 Å². The number of hydrogen-bond acceptors (Lipinski definition) is 3. The number of aryl methyl sites for hydroxylation is 2. The molecule has 1 aliphatic rings. The van der Waals surface area contributed by atoms with Crippen LogP contribution in [0.15, 0.2) is 0 Å². The second-order valence-corrected chi connectivity index (χ2v) is 5.63. The van der Waals surface area contributed by atoms with Crippen LogP contribution in [0.5, 0.6) is 0 Å². The first-order valence-electron chi connectivity index (χ1n) is 6.84. The number of rotatable bonds is 3. The Balaban J connectivity index is 2.11. The highest BCUT2D eigenvalue weighted by Crippen LogP contribution is 2.34. The lowest BCUT2D eigenvalue weighted by molar-refractivity contribution is 0.106. The van der Waals surface area contributed by atoms with Gasteiger partial charge in [-0.05, 0) is 37.9 Å². The topological polar surface area (TPSA) is 47.8 Å². The number of fused-ring (bicyclic) bond motifs is 1. The molecule has 0 bridgehead atoms. The number of nitrogens with zero attached hydrogens (tertiary/aromatic N) is 3. The van der Waals surface area contributed by atoms with Gasteiger partial charge in [0.05, 0.1) is 11.8 Å². The Labute approximate surface area is 117 Å². The molecule has 104 valence electrons. The highest BCUT2D eigenvalue weighted by atomic mass is 32.1. The second-order valence-electron chi connectivity index (χ2n) is 5.25. The number of hydrogen-bond donors (Lipinski definition) is 1. The highest BCUT2D eigenvalue weighted by Gasteiger charge is 2.28. The van der Waals surface area contributed by atoms with Crippen LogP contribution in [-0.2, 0) is 18.2 Å². The average molecular weight is 280 g/mol. The van der Waals surface area contributed by atoms with Gasteiger partial charge in [-0.3, -0.25) is 9.25 Å². The van der Waals surface area contributed by atoms with E-state index in [0.29, 0.717) is 12.1 Å². The van der Waals surface area contributed by atoms with Crippen molar-refractivity contribution in [3.05, 3.63) is 10.5 Å². The number of imidazole rings is 1. The number of nitrogens with one attached hydrogen (secondary N) is 1. The summed E-state index contributed by atoms with van der Waals surface area (Å²) in [6.45, 7) is 2.12. The van der Waals surface area contributed by atoms with Gasteiger partial charge in [0.2, 0.25) is 0 Å². The molecule has 5 nitrogen and oxygen atoms in total. The third-order valence-corrected chi connectivity index (χ3v) is 4.46. The van der Waals surface area contributed by atoms with Gasteiger partial charge in [-0.25, -0.2) is 0 Å². The molecular weight excluding hydrogens is 260 g/mol. The number of H-pyrrole nitrogens is 1. The Kier molecular flexibility index (Phi) is 3.22. The van der Waals surface area contributed by atoms with Gasteiger partial charge in [-0.1, -0.05) is 6.92 Å².